The van der Waals surface area contributed by atoms with Crippen molar-refractivity contribution in [1.29, 1.82) is 0 Å². The van der Waals surface area contributed by atoms with Crippen molar-refractivity contribution in [1.82, 2.24) is 9.97 Å². The molecule has 144 valence electrons. The van der Waals surface area contributed by atoms with Crippen LogP contribution in [-0.4, -0.2) is 30.1 Å². The van der Waals surface area contributed by atoms with E-state index in [9.17, 15) is 9.18 Å². The van der Waals surface area contributed by atoms with E-state index in [4.69, 9.17) is 9.47 Å². The lowest BCUT2D eigenvalue weighted by Crippen LogP contribution is -2.16. The average molecular weight is 382 g/mol. The lowest BCUT2D eigenvalue weighted by Gasteiger charge is -2.12. The van der Waals surface area contributed by atoms with Crippen LogP contribution in [0, 0.1) is 5.82 Å². The van der Waals surface area contributed by atoms with Crippen molar-refractivity contribution >= 4 is 17.5 Å². The van der Waals surface area contributed by atoms with Crippen LogP contribution in [-0.2, 0) is 6.54 Å². The van der Waals surface area contributed by atoms with Gasteiger partial charge in [-0.05, 0) is 35.9 Å². The maximum atomic E-state index is 13.0. The Labute approximate surface area is 161 Å². The van der Waals surface area contributed by atoms with Gasteiger partial charge in [0.25, 0.3) is 5.91 Å². The number of aromatic nitrogens is 2. The fraction of sp³-hybridized carbons (Fsp3) is 0.150. The minimum atomic E-state index is -0.418. The number of amides is 1. The summed E-state index contributed by atoms with van der Waals surface area (Å²) in [6, 6.07) is 12.7. The first-order valence-corrected chi connectivity index (χ1v) is 8.44. The van der Waals surface area contributed by atoms with Crippen molar-refractivity contribution in [3.63, 3.8) is 0 Å². The first kappa shape index (κ1) is 19.1. The normalized spacial score (nSPS) is 10.2. The van der Waals surface area contributed by atoms with Crippen LogP contribution in [0.2, 0.25) is 0 Å². The second-order valence-electron chi connectivity index (χ2n) is 5.77. The van der Waals surface area contributed by atoms with E-state index < -0.39 is 5.91 Å². The van der Waals surface area contributed by atoms with E-state index in [1.165, 1.54) is 38.6 Å². The zero-order valence-electron chi connectivity index (χ0n) is 15.4. The molecule has 0 saturated carbocycles. The quantitative estimate of drug-likeness (QED) is 0.651. The Kier molecular flexibility index (Phi) is 6.01. The molecule has 3 aromatic rings. The molecule has 0 fully saturated rings. The standard InChI is InChI=1S/C20H19FN4O3/c1-27-15-7-8-18(28-2)17(11-15)24-19(26)16-9-10-22-20(25-16)23-12-13-3-5-14(21)6-4-13/h3-11H,12H2,1-2H3,(H,24,26)(H,22,23,25). The lowest BCUT2D eigenvalue weighted by atomic mass is 10.2. The van der Waals surface area contributed by atoms with Gasteiger partial charge in [-0.15, -0.1) is 0 Å². The van der Waals surface area contributed by atoms with Crippen molar-refractivity contribution < 1.29 is 18.7 Å². The number of benzene rings is 2. The Morgan fingerprint density at radius 1 is 1.07 bits per heavy atom. The zero-order chi connectivity index (χ0) is 19.9. The van der Waals surface area contributed by atoms with Gasteiger partial charge in [-0.2, -0.15) is 0 Å². The van der Waals surface area contributed by atoms with E-state index in [0.29, 0.717) is 23.7 Å². The lowest BCUT2D eigenvalue weighted by molar-refractivity contribution is 0.102. The fourth-order valence-corrected chi connectivity index (χ4v) is 2.45. The summed E-state index contributed by atoms with van der Waals surface area (Å²) in [4.78, 5) is 20.9. The summed E-state index contributed by atoms with van der Waals surface area (Å²) in [6.45, 7) is 0.398. The summed E-state index contributed by atoms with van der Waals surface area (Å²) >= 11 is 0. The first-order chi connectivity index (χ1) is 13.6. The number of carbonyl (C=O) groups excluding carboxylic acids is 1. The summed E-state index contributed by atoms with van der Waals surface area (Å²) in [7, 11) is 3.05. The van der Waals surface area contributed by atoms with Gasteiger partial charge < -0.3 is 20.1 Å². The van der Waals surface area contributed by atoms with Crippen LogP contribution in [0.3, 0.4) is 0 Å². The number of hydrogen-bond donors (Lipinski definition) is 2. The summed E-state index contributed by atoms with van der Waals surface area (Å²) in [5.74, 6) is 0.651. The van der Waals surface area contributed by atoms with Gasteiger partial charge in [0.05, 0.1) is 19.9 Å². The van der Waals surface area contributed by atoms with Gasteiger partial charge in [-0.1, -0.05) is 12.1 Å². The van der Waals surface area contributed by atoms with Crippen LogP contribution in [0.5, 0.6) is 11.5 Å². The molecule has 0 atom stereocenters. The predicted octanol–water partition coefficient (Wildman–Crippen LogP) is 3.50. The molecule has 28 heavy (non-hydrogen) atoms. The van der Waals surface area contributed by atoms with Crippen LogP contribution in [0.4, 0.5) is 16.0 Å². The summed E-state index contributed by atoms with van der Waals surface area (Å²) in [5.41, 5.74) is 1.51. The molecule has 1 heterocycles. The third kappa shape index (κ3) is 4.73. The number of methoxy groups -OCH3 is 2. The maximum Gasteiger partial charge on any atom is 0.274 e. The number of halogens is 1. The Balaban J connectivity index is 1.71. The van der Waals surface area contributed by atoms with E-state index in [-0.39, 0.29) is 17.5 Å². The summed E-state index contributed by atoms with van der Waals surface area (Å²) < 4.78 is 23.4. The van der Waals surface area contributed by atoms with E-state index in [1.54, 1.807) is 30.3 Å². The second kappa shape index (κ2) is 8.81. The highest BCUT2D eigenvalue weighted by Crippen LogP contribution is 2.29. The summed E-state index contributed by atoms with van der Waals surface area (Å²) in [5, 5.41) is 5.77. The van der Waals surface area contributed by atoms with Crippen LogP contribution in [0.1, 0.15) is 16.1 Å². The highest BCUT2D eigenvalue weighted by atomic mass is 19.1. The molecule has 7 nitrogen and oxygen atoms in total. The molecule has 0 spiro atoms. The van der Waals surface area contributed by atoms with E-state index in [0.717, 1.165) is 5.56 Å². The third-order valence-electron chi connectivity index (χ3n) is 3.91. The maximum absolute atomic E-state index is 13.0. The van der Waals surface area contributed by atoms with Crippen molar-refractivity contribution in [3.8, 4) is 11.5 Å². The molecular weight excluding hydrogens is 363 g/mol. The molecule has 3 rings (SSSR count). The van der Waals surface area contributed by atoms with Gasteiger partial charge in [0.1, 0.15) is 23.0 Å². The molecule has 0 radical (unpaired) electrons. The van der Waals surface area contributed by atoms with Gasteiger partial charge in [-0.3, -0.25) is 4.79 Å². The Morgan fingerprint density at radius 3 is 2.57 bits per heavy atom. The SMILES string of the molecule is COc1ccc(OC)c(NC(=O)c2ccnc(NCc3ccc(F)cc3)n2)c1. The molecule has 0 saturated heterocycles. The van der Waals surface area contributed by atoms with Crippen molar-refractivity contribution in [2.24, 2.45) is 0 Å². The minimum Gasteiger partial charge on any atom is -0.497 e. The van der Waals surface area contributed by atoms with E-state index >= 15 is 0 Å². The fourth-order valence-electron chi connectivity index (χ4n) is 2.45. The molecule has 0 aliphatic heterocycles. The Morgan fingerprint density at radius 2 is 1.86 bits per heavy atom. The molecule has 0 aliphatic rings. The molecule has 2 N–H and O–H groups in total. The van der Waals surface area contributed by atoms with Gasteiger partial charge in [0, 0.05) is 18.8 Å². The third-order valence-corrected chi connectivity index (χ3v) is 3.91. The van der Waals surface area contributed by atoms with Gasteiger partial charge in [0.15, 0.2) is 0 Å². The largest absolute Gasteiger partial charge is 0.497 e. The highest BCUT2D eigenvalue weighted by molar-refractivity contribution is 6.03. The van der Waals surface area contributed by atoms with E-state index in [2.05, 4.69) is 20.6 Å². The number of anilines is 2. The molecule has 1 aromatic heterocycles. The first-order valence-electron chi connectivity index (χ1n) is 8.44. The molecule has 0 bridgehead atoms. The van der Waals surface area contributed by atoms with Crippen LogP contribution < -0.4 is 20.1 Å². The van der Waals surface area contributed by atoms with Crippen molar-refractivity contribution in [2.75, 3.05) is 24.9 Å². The number of hydrogen-bond acceptors (Lipinski definition) is 6. The van der Waals surface area contributed by atoms with E-state index in [1.807, 2.05) is 0 Å². The van der Waals surface area contributed by atoms with Crippen LogP contribution in [0.15, 0.2) is 54.7 Å². The molecule has 8 heteroatoms. The molecular formula is C20H19FN4O3. The monoisotopic (exact) mass is 382 g/mol. The number of nitrogens with zero attached hydrogens (tertiary/aromatic N) is 2. The van der Waals surface area contributed by atoms with Crippen molar-refractivity contribution in [3.05, 3.63) is 71.8 Å². The smallest absolute Gasteiger partial charge is 0.274 e. The Hall–Kier alpha value is -3.68. The average Bonchev–Trinajstić information content (AvgIpc) is 2.73. The minimum absolute atomic E-state index is 0.182. The van der Waals surface area contributed by atoms with Gasteiger partial charge in [0.2, 0.25) is 5.95 Å². The molecule has 0 unspecified atom stereocenters. The van der Waals surface area contributed by atoms with Gasteiger partial charge >= 0.3 is 0 Å². The number of rotatable bonds is 7. The van der Waals surface area contributed by atoms with Crippen molar-refractivity contribution in [2.45, 2.75) is 6.54 Å². The molecule has 2 aromatic carbocycles. The molecule has 1 amide bonds. The number of carbonyl (C=O) groups is 1. The second-order valence-corrected chi connectivity index (χ2v) is 5.77. The highest BCUT2D eigenvalue weighted by Gasteiger charge is 2.13. The van der Waals surface area contributed by atoms with Gasteiger partial charge in [-0.25, -0.2) is 14.4 Å². The number of ether oxygens (including phenoxy) is 2. The topological polar surface area (TPSA) is 85.4 Å². The predicted molar refractivity (Wildman–Crippen MR) is 103 cm³/mol. The Bertz CT molecular complexity index is 964. The molecule has 0 aliphatic carbocycles. The summed E-state index contributed by atoms with van der Waals surface area (Å²) in [6.07, 6.45) is 1.48. The van der Waals surface area contributed by atoms with Crippen LogP contribution in [0.25, 0.3) is 0 Å². The zero-order valence-corrected chi connectivity index (χ0v) is 15.4. The van der Waals surface area contributed by atoms with Crippen LogP contribution >= 0.6 is 0 Å². The number of nitrogens with one attached hydrogen (secondary N) is 2.